The molecule has 0 aromatic heterocycles. The van der Waals surface area contributed by atoms with E-state index < -0.39 is 27.1 Å². The zero-order valence-electron chi connectivity index (χ0n) is 8.13. The zero-order valence-corrected chi connectivity index (χ0v) is 9.02. The highest BCUT2D eigenvalue weighted by molar-refractivity contribution is 7.47. The van der Waals surface area contributed by atoms with E-state index in [4.69, 9.17) is 15.1 Å². The van der Waals surface area contributed by atoms with Crippen LogP contribution in [0.25, 0.3) is 0 Å². The van der Waals surface area contributed by atoms with Gasteiger partial charge in [0.1, 0.15) is 6.10 Å². The van der Waals surface area contributed by atoms with E-state index in [1.807, 2.05) is 6.92 Å². The van der Waals surface area contributed by atoms with E-state index in [9.17, 15) is 4.57 Å². The first-order valence-corrected chi connectivity index (χ1v) is 5.92. The Kier molecular flexibility index (Phi) is 7.35. The molecule has 0 heterocycles. The predicted octanol–water partition coefficient (Wildman–Crippen LogP) is 0.273. The van der Waals surface area contributed by atoms with Crippen molar-refractivity contribution in [2.75, 3.05) is 19.8 Å². The summed E-state index contributed by atoms with van der Waals surface area (Å²) in [7, 11) is -4.06. The van der Waals surface area contributed by atoms with Crippen LogP contribution in [0.15, 0.2) is 0 Å². The second-order valence-corrected chi connectivity index (χ2v) is 4.24. The molecule has 3 N–H and O–H groups in total. The van der Waals surface area contributed by atoms with Crippen LogP contribution < -0.4 is 0 Å². The lowest BCUT2D eigenvalue weighted by molar-refractivity contribution is 0.0362. The van der Waals surface area contributed by atoms with Crippen LogP contribution in [0.4, 0.5) is 0 Å². The minimum Gasteiger partial charge on any atom is -0.394 e. The molecule has 14 heavy (non-hydrogen) atoms. The number of phosphoric acid groups is 1. The fourth-order valence-corrected chi connectivity index (χ4v) is 1.39. The fourth-order valence-electron chi connectivity index (χ4n) is 0.594. The minimum atomic E-state index is -4.06. The molecule has 6 nitrogen and oxygen atoms in total. The monoisotopic (exact) mass is 228 g/mol. The average Bonchev–Trinajstić information content (AvgIpc) is 2.14. The molecule has 0 aromatic carbocycles. The number of aliphatic hydroxyl groups excluding tert-OH is 2. The summed E-state index contributed by atoms with van der Waals surface area (Å²) in [6, 6.07) is 0. The van der Waals surface area contributed by atoms with Crippen molar-refractivity contribution in [3.05, 3.63) is 0 Å². The van der Waals surface area contributed by atoms with E-state index >= 15 is 0 Å². The van der Waals surface area contributed by atoms with Crippen molar-refractivity contribution in [3.63, 3.8) is 0 Å². The Morgan fingerprint density at radius 2 is 2.07 bits per heavy atom. The highest BCUT2D eigenvalue weighted by atomic mass is 31.2. The molecule has 0 bridgehead atoms. The molecule has 86 valence electrons. The van der Waals surface area contributed by atoms with Crippen molar-refractivity contribution in [1.29, 1.82) is 0 Å². The molecule has 0 amide bonds. The number of aliphatic hydroxyl groups is 2. The highest BCUT2D eigenvalue weighted by Gasteiger charge is 2.21. The van der Waals surface area contributed by atoms with E-state index in [-0.39, 0.29) is 6.61 Å². The molecule has 2 unspecified atom stereocenters. The summed E-state index contributed by atoms with van der Waals surface area (Å²) in [4.78, 5) is 9.00. The fraction of sp³-hybridized carbons (Fsp3) is 1.00. The first kappa shape index (κ1) is 14.0. The normalized spacial score (nSPS) is 17.7. The first-order valence-electron chi connectivity index (χ1n) is 4.42. The Morgan fingerprint density at radius 1 is 1.43 bits per heavy atom. The van der Waals surface area contributed by atoms with Crippen LogP contribution in [0.1, 0.15) is 19.8 Å². The standard InChI is InChI=1S/C7H17O6P/c1-2-3-4-12-14(10,11)13-6-7(9)5-8/h7-9H,2-6H2,1H3,(H,10,11). The van der Waals surface area contributed by atoms with Crippen LogP contribution in [0.2, 0.25) is 0 Å². The molecule has 2 atom stereocenters. The van der Waals surface area contributed by atoms with Crippen molar-refractivity contribution in [2.24, 2.45) is 0 Å². The van der Waals surface area contributed by atoms with Crippen molar-refractivity contribution in [1.82, 2.24) is 0 Å². The van der Waals surface area contributed by atoms with Crippen molar-refractivity contribution < 1.29 is 28.7 Å². The summed E-state index contributed by atoms with van der Waals surface area (Å²) in [6.07, 6.45) is 0.348. The second-order valence-electron chi connectivity index (χ2n) is 2.79. The third-order valence-electron chi connectivity index (χ3n) is 1.39. The maximum Gasteiger partial charge on any atom is 0.472 e. The predicted molar refractivity (Wildman–Crippen MR) is 49.7 cm³/mol. The van der Waals surface area contributed by atoms with Crippen molar-refractivity contribution >= 4 is 7.82 Å². The molecule has 0 aliphatic carbocycles. The lowest BCUT2D eigenvalue weighted by atomic mass is 10.4. The third-order valence-corrected chi connectivity index (χ3v) is 2.38. The van der Waals surface area contributed by atoms with E-state index in [1.54, 1.807) is 0 Å². The zero-order chi connectivity index (χ0) is 11.0. The summed E-state index contributed by atoms with van der Waals surface area (Å²) in [5.41, 5.74) is 0. The lowest BCUT2D eigenvalue weighted by Gasteiger charge is -2.13. The smallest absolute Gasteiger partial charge is 0.394 e. The molecular formula is C7H17O6P. The van der Waals surface area contributed by atoms with Crippen LogP contribution in [-0.4, -0.2) is 41.0 Å². The molecule has 0 rings (SSSR count). The molecular weight excluding hydrogens is 211 g/mol. The number of unbranched alkanes of at least 4 members (excludes halogenated alkanes) is 1. The van der Waals surface area contributed by atoms with Crippen LogP contribution in [0.3, 0.4) is 0 Å². The van der Waals surface area contributed by atoms with Gasteiger partial charge in [-0.25, -0.2) is 4.57 Å². The molecule has 0 saturated carbocycles. The van der Waals surface area contributed by atoms with E-state index in [2.05, 4.69) is 9.05 Å². The van der Waals surface area contributed by atoms with Gasteiger partial charge in [0.25, 0.3) is 0 Å². The highest BCUT2D eigenvalue weighted by Crippen LogP contribution is 2.43. The molecule has 0 radical (unpaired) electrons. The topological polar surface area (TPSA) is 96.2 Å². The van der Waals surface area contributed by atoms with Gasteiger partial charge >= 0.3 is 7.82 Å². The van der Waals surface area contributed by atoms with E-state index in [1.165, 1.54) is 0 Å². The SMILES string of the molecule is CCCCOP(=O)(O)OCC(O)CO. The van der Waals surface area contributed by atoms with Crippen LogP contribution in [-0.2, 0) is 13.6 Å². The van der Waals surface area contributed by atoms with Gasteiger partial charge in [-0.2, -0.15) is 0 Å². The molecule has 0 aliphatic heterocycles. The summed E-state index contributed by atoms with van der Waals surface area (Å²) in [6.45, 7) is 1.12. The van der Waals surface area contributed by atoms with Gasteiger partial charge in [0.05, 0.1) is 19.8 Å². The lowest BCUT2D eigenvalue weighted by Crippen LogP contribution is -2.18. The van der Waals surface area contributed by atoms with Crippen molar-refractivity contribution in [2.45, 2.75) is 25.9 Å². The second kappa shape index (κ2) is 7.34. The maximum absolute atomic E-state index is 11.0. The van der Waals surface area contributed by atoms with Gasteiger partial charge in [0.2, 0.25) is 0 Å². The molecule has 0 aromatic rings. The summed E-state index contributed by atoms with van der Waals surface area (Å²) < 4.78 is 20.0. The van der Waals surface area contributed by atoms with Crippen LogP contribution in [0.5, 0.6) is 0 Å². The van der Waals surface area contributed by atoms with E-state index in [0.29, 0.717) is 6.42 Å². The number of phosphoric ester groups is 1. The number of hydrogen-bond acceptors (Lipinski definition) is 5. The van der Waals surface area contributed by atoms with Gasteiger partial charge in [-0.3, -0.25) is 9.05 Å². The Balaban J connectivity index is 3.66. The van der Waals surface area contributed by atoms with Gasteiger partial charge < -0.3 is 15.1 Å². The molecule has 0 fully saturated rings. The third kappa shape index (κ3) is 7.44. The summed E-state index contributed by atoms with van der Waals surface area (Å²) in [5, 5.41) is 17.2. The Hall–Kier alpha value is 0.0300. The minimum absolute atomic E-state index is 0.138. The van der Waals surface area contributed by atoms with E-state index in [0.717, 1.165) is 6.42 Å². The van der Waals surface area contributed by atoms with Gasteiger partial charge in [0.15, 0.2) is 0 Å². The number of hydrogen-bond donors (Lipinski definition) is 3. The average molecular weight is 228 g/mol. The van der Waals surface area contributed by atoms with Gasteiger partial charge in [-0.15, -0.1) is 0 Å². The first-order chi connectivity index (χ1) is 6.52. The Bertz CT molecular complexity index is 185. The van der Waals surface area contributed by atoms with Gasteiger partial charge in [-0.1, -0.05) is 13.3 Å². The summed E-state index contributed by atoms with van der Waals surface area (Å²) in [5.74, 6) is 0. The molecule has 0 aliphatic rings. The Labute approximate surface area is 83.1 Å². The molecule has 0 saturated heterocycles. The quantitative estimate of drug-likeness (QED) is 0.407. The van der Waals surface area contributed by atoms with Gasteiger partial charge in [-0.05, 0) is 6.42 Å². The molecule has 0 spiro atoms. The summed E-state index contributed by atoms with van der Waals surface area (Å²) >= 11 is 0. The van der Waals surface area contributed by atoms with Crippen LogP contribution in [0, 0.1) is 0 Å². The van der Waals surface area contributed by atoms with Crippen molar-refractivity contribution in [3.8, 4) is 0 Å². The largest absolute Gasteiger partial charge is 0.472 e. The number of rotatable bonds is 8. The Morgan fingerprint density at radius 3 is 2.57 bits per heavy atom. The van der Waals surface area contributed by atoms with Gasteiger partial charge in [0, 0.05) is 0 Å². The van der Waals surface area contributed by atoms with Crippen LogP contribution >= 0.6 is 7.82 Å². The molecule has 7 heteroatoms. The maximum atomic E-state index is 11.0.